The average molecular weight is 1130 g/mol. The summed E-state index contributed by atoms with van der Waals surface area (Å²) in [5.74, 6) is 0. The summed E-state index contributed by atoms with van der Waals surface area (Å²) in [7, 11) is 0. The number of rotatable bonds is 8. The van der Waals surface area contributed by atoms with E-state index < -0.39 is 0 Å². The molecule has 0 radical (unpaired) electrons. The Morgan fingerprint density at radius 2 is 0.591 bits per heavy atom. The molecule has 0 bridgehead atoms. The van der Waals surface area contributed by atoms with E-state index in [0.29, 0.717) is 0 Å². The highest BCUT2D eigenvalue weighted by Gasteiger charge is 2.27. The fraction of sp³-hybridized carbons (Fsp3) is 0. The minimum absolute atomic E-state index is 0.769. The molecule has 15 aromatic carbocycles. The van der Waals surface area contributed by atoms with E-state index in [0.717, 1.165) is 187 Å². The maximum absolute atomic E-state index is 6.88. The predicted octanol–water partition coefficient (Wildman–Crippen LogP) is 24.2. The third-order valence-electron chi connectivity index (χ3n) is 18.1. The number of hydrogen-bond donors (Lipinski definition) is 0. The van der Waals surface area contributed by atoms with Crippen LogP contribution in [0.15, 0.2) is 309 Å². The highest BCUT2D eigenvalue weighted by molar-refractivity contribution is 6.21. The van der Waals surface area contributed by atoms with Crippen molar-refractivity contribution in [1.82, 2.24) is 0 Å². The van der Waals surface area contributed by atoms with E-state index in [1.807, 2.05) is 12.1 Å². The summed E-state index contributed by atoms with van der Waals surface area (Å²) in [4.78, 5) is 4.79. The lowest BCUT2D eigenvalue weighted by atomic mass is 9.96. The van der Waals surface area contributed by atoms with Crippen LogP contribution in [-0.4, -0.2) is 0 Å². The van der Waals surface area contributed by atoms with E-state index in [-0.39, 0.29) is 0 Å². The van der Waals surface area contributed by atoms with Crippen molar-refractivity contribution >= 4 is 165 Å². The number of nitrogens with zero attached hydrogens (tertiary/aromatic N) is 2. The van der Waals surface area contributed by atoms with Crippen LogP contribution in [-0.2, 0) is 0 Å². The molecule has 4 aromatic heterocycles. The van der Waals surface area contributed by atoms with Crippen LogP contribution < -0.4 is 9.80 Å². The Balaban J connectivity index is 0.761. The first-order valence-electron chi connectivity index (χ1n) is 29.9. The van der Waals surface area contributed by atoms with Gasteiger partial charge in [0, 0.05) is 82.4 Å². The van der Waals surface area contributed by atoms with Gasteiger partial charge in [-0.25, -0.2) is 0 Å². The van der Waals surface area contributed by atoms with Crippen LogP contribution in [0.25, 0.3) is 153 Å². The lowest BCUT2D eigenvalue weighted by molar-refractivity contribution is 0.656. The molecule has 0 N–H and O–H groups in total. The van der Waals surface area contributed by atoms with Gasteiger partial charge in [0.2, 0.25) is 0 Å². The normalized spacial score (nSPS) is 12.1. The molecule has 0 aliphatic heterocycles. The van der Waals surface area contributed by atoms with Crippen LogP contribution >= 0.6 is 0 Å². The lowest BCUT2D eigenvalue weighted by Gasteiger charge is -2.29. The van der Waals surface area contributed by atoms with Crippen molar-refractivity contribution in [2.24, 2.45) is 0 Å². The molecule has 19 aromatic rings. The zero-order valence-corrected chi connectivity index (χ0v) is 47.2. The van der Waals surface area contributed by atoms with Crippen LogP contribution in [0.2, 0.25) is 0 Å². The highest BCUT2D eigenvalue weighted by Crippen LogP contribution is 2.52. The summed E-state index contributed by atoms with van der Waals surface area (Å²) in [6, 6.07) is 104. The van der Waals surface area contributed by atoms with Crippen LogP contribution in [0, 0.1) is 0 Å². The first kappa shape index (κ1) is 48.5. The Hall–Kier alpha value is -11.9. The lowest BCUT2D eigenvalue weighted by Crippen LogP contribution is -2.12. The third kappa shape index (κ3) is 7.36. The van der Waals surface area contributed by atoms with Gasteiger partial charge in [0.1, 0.15) is 33.5 Å². The minimum Gasteiger partial charge on any atom is -0.456 e. The molecule has 0 fully saturated rings. The van der Waals surface area contributed by atoms with Crippen LogP contribution in [0.4, 0.5) is 34.1 Å². The molecule has 4 heterocycles. The Bertz CT molecular complexity index is 5720. The summed E-state index contributed by atoms with van der Waals surface area (Å²) < 4.78 is 27.4. The summed E-state index contributed by atoms with van der Waals surface area (Å²) in [5.41, 5.74) is 17.0. The monoisotopic (exact) mass is 1120 g/mol. The van der Waals surface area contributed by atoms with E-state index in [9.17, 15) is 0 Å². The SMILES string of the molecule is c1ccc(-c2ccc3ccccc3c2N(c2ccc3cc4c(cc3c2)oc2cc3oc5cc6cc(N(c7c(-c8ccccc8)ccc8ccccc78)c7cccc8c7oc7ccccc78)ccc6cc5c3cc24)c2cccc3c2oc2ccccc23)cc1. The topological polar surface area (TPSA) is 59.0 Å². The second-order valence-electron chi connectivity index (χ2n) is 23.1. The van der Waals surface area contributed by atoms with E-state index >= 15 is 0 Å². The van der Waals surface area contributed by atoms with Crippen LogP contribution in [0.3, 0.4) is 0 Å². The third-order valence-corrected chi connectivity index (χ3v) is 18.1. The summed E-state index contributed by atoms with van der Waals surface area (Å²) in [5, 5.41) is 17.3. The maximum Gasteiger partial charge on any atom is 0.159 e. The Kier molecular flexibility index (Phi) is 10.4. The second kappa shape index (κ2) is 18.8. The van der Waals surface area contributed by atoms with Gasteiger partial charge in [-0.2, -0.15) is 0 Å². The van der Waals surface area contributed by atoms with Gasteiger partial charge in [-0.15, -0.1) is 0 Å². The molecule has 6 heteroatoms. The van der Waals surface area contributed by atoms with Crippen LogP contribution in [0.5, 0.6) is 0 Å². The van der Waals surface area contributed by atoms with Gasteiger partial charge in [-0.3, -0.25) is 0 Å². The standard InChI is InChI=1S/C82H48N2O4/c1-3-17-49(18-4-1)61-39-35-51-21-7-9-23-59(51)79(61)83(71-29-15-27-65-63-25-11-13-31-73(63)87-81(65)71)57-37-33-53-43-67-69-47-70-68-44-54-34-38-58(42-56(54)46-76(68)86-78(70)48-77(69)85-75(67)45-55(53)41-57)84(72-30-16-28-66-64-26-12-14-32-74(64)88-82(66)72)80-60-24-10-8-22-52(60)36-40-62(80)50-19-5-2-6-20-50/h1-48H. The summed E-state index contributed by atoms with van der Waals surface area (Å²) >= 11 is 0. The van der Waals surface area contributed by atoms with E-state index in [1.165, 1.54) is 0 Å². The van der Waals surface area contributed by atoms with Crippen molar-refractivity contribution < 1.29 is 17.7 Å². The second-order valence-corrected chi connectivity index (χ2v) is 23.1. The molecule has 0 aliphatic rings. The molecule has 19 rings (SSSR count). The molecule has 0 aliphatic carbocycles. The molecule has 0 amide bonds. The fourth-order valence-electron chi connectivity index (χ4n) is 14.1. The van der Waals surface area contributed by atoms with E-state index in [2.05, 4.69) is 289 Å². The Morgan fingerprint density at radius 3 is 1.07 bits per heavy atom. The summed E-state index contributed by atoms with van der Waals surface area (Å²) in [6.07, 6.45) is 0. The number of para-hydroxylation sites is 4. The number of anilines is 6. The predicted molar refractivity (Wildman–Crippen MR) is 366 cm³/mol. The molecule has 0 spiro atoms. The van der Waals surface area contributed by atoms with Gasteiger partial charge in [0.15, 0.2) is 11.2 Å². The molecule has 410 valence electrons. The number of benzene rings is 15. The molecular formula is C82H48N2O4. The molecule has 6 nitrogen and oxygen atoms in total. The van der Waals surface area contributed by atoms with E-state index in [4.69, 9.17) is 17.7 Å². The van der Waals surface area contributed by atoms with E-state index in [1.54, 1.807) is 0 Å². The summed E-state index contributed by atoms with van der Waals surface area (Å²) in [6.45, 7) is 0. The van der Waals surface area contributed by atoms with Gasteiger partial charge in [-0.1, -0.05) is 206 Å². The Labute approximate surface area is 503 Å². The average Bonchev–Trinajstić information content (AvgIpc) is 1.79. The van der Waals surface area contributed by atoms with Gasteiger partial charge in [0.05, 0.1) is 22.7 Å². The zero-order chi connectivity index (χ0) is 57.6. The van der Waals surface area contributed by atoms with Crippen molar-refractivity contribution in [3.8, 4) is 22.3 Å². The number of hydrogen-bond acceptors (Lipinski definition) is 6. The van der Waals surface area contributed by atoms with Gasteiger partial charge >= 0.3 is 0 Å². The fourth-order valence-corrected chi connectivity index (χ4v) is 14.1. The van der Waals surface area contributed by atoms with Crippen LogP contribution in [0.1, 0.15) is 0 Å². The molecule has 0 saturated heterocycles. The Morgan fingerprint density at radius 1 is 0.205 bits per heavy atom. The molecule has 0 unspecified atom stereocenters. The first-order chi connectivity index (χ1) is 43.6. The smallest absolute Gasteiger partial charge is 0.159 e. The molecule has 88 heavy (non-hydrogen) atoms. The number of fused-ring (bicyclic) bond motifs is 16. The van der Waals surface area contributed by atoms with Crippen molar-refractivity contribution in [3.05, 3.63) is 291 Å². The first-order valence-corrected chi connectivity index (χ1v) is 29.9. The maximum atomic E-state index is 6.88. The highest BCUT2D eigenvalue weighted by atomic mass is 16.3. The zero-order valence-electron chi connectivity index (χ0n) is 47.2. The molecule has 0 saturated carbocycles. The quantitative estimate of drug-likeness (QED) is 0.151. The van der Waals surface area contributed by atoms with Gasteiger partial charge < -0.3 is 27.5 Å². The molecule has 0 atom stereocenters. The van der Waals surface area contributed by atoms with Crippen molar-refractivity contribution in [1.29, 1.82) is 0 Å². The minimum atomic E-state index is 0.769. The van der Waals surface area contributed by atoms with Crippen molar-refractivity contribution in [2.75, 3.05) is 9.80 Å². The largest absolute Gasteiger partial charge is 0.456 e. The van der Waals surface area contributed by atoms with Gasteiger partial charge in [0.25, 0.3) is 0 Å². The number of furan rings is 4. The van der Waals surface area contributed by atoms with Crippen molar-refractivity contribution in [2.45, 2.75) is 0 Å². The van der Waals surface area contributed by atoms with Gasteiger partial charge in [-0.05, 0) is 122 Å². The molecular weight excluding hydrogens is 1080 g/mol. The van der Waals surface area contributed by atoms with Crippen molar-refractivity contribution in [3.63, 3.8) is 0 Å².